The molecule has 1 aromatic heterocycles. The first-order chi connectivity index (χ1) is 18.2. The van der Waals surface area contributed by atoms with Crippen LogP contribution in [0.5, 0.6) is 11.5 Å². The molecule has 5 N–H and O–H groups in total. The summed E-state index contributed by atoms with van der Waals surface area (Å²) >= 11 is 12.7. The second-order valence-electron chi connectivity index (χ2n) is 7.77. The van der Waals surface area contributed by atoms with Crippen LogP contribution in [0.1, 0.15) is 5.56 Å². The van der Waals surface area contributed by atoms with E-state index in [4.69, 9.17) is 38.4 Å². The lowest BCUT2D eigenvalue weighted by molar-refractivity contribution is -0.111. The molecule has 13 heteroatoms. The summed E-state index contributed by atoms with van der Waals surface area (Å²) in [5.74, 6) is 0.810. The van der Waals surface area contributed by atoms with Gasteiger partial charge in [-0.05, 0) is 36.7 Å². The van der Waals surface area contributed by atoms with E-state index in [1.165, 1.54) is 44.6 Å². The molecule has 38 heavy (non-hydrogen) atoms. The lowest BCUT2D eigenvalue weighted by atomic mass is 10.1. The number of anilines is 5. The summed E-state index contributed by atoms with van der Waals surface area (Å²) in [4.78, 5) is 34.7. The Balaban J connectivity index is 1.85. The van der Waals surface area contributed by atoms with E-state index in [2.05, 4.69) is 32.5 Å². The van der Waals surface area contributed by atoms with Crippen molar-refractivity contribution >= 4 is 63.8 Å². The third kappa shape index (κ3) is 6.62. The normalized spacial score (nSPS) is 10.4. The first kappa shape index (κ1) is 28.5. The highest BCUT2D eigenvalue weighted by Crippen LogP contribution is 2.44. The minimum absolute atomic E-state index is 0.109. The fourth-order valence-electron chi connectivity index (χ4n) is 3.34. The molecule has 3 amide bonds. The SMILES string of the molecule is C=CC(=O)Nc1cc(CCN)ccc1Nc1cc(N(C)C(=O)Nc2c(Cl)c(OC)cc(OC)c2Cl)ncn1. The van der Waals surface area contributed by atoms with E-state index in [1.54, 1.807) is 12.1 Å². The quantitative estimate of drug-likeness (QED) is 0.258. The van der Waals surface area contributed by atoms with E-state index in [9.17, 15) is 9.59 Å². The molecule has 0 saturated heterocycles. The van der Waals surface area contributed by atoms with Gasteiger partial charge in [0.25, 0.3) is 0 Å². The zero-order valence-corrected chi connectivity index (χ0v) is 22.5. The van der Waals surface area contributed by atoms with Gasteiger partial charge < -0.3 is 31.2 Å². The number of ether oxygens (including phenoxy) is 2. The summed E-state index contributed by atoms with van der Waals surface area (Å²) in [5, 5.41) is 8.79. The molecule has 0 saturated carbocycles. The highest BCUT2D eigenvalue weighted by atomic mass is 35.5. The number of carbonyl (C=O) groups is 2. The number of rotatable bonds is 10. The number of aromatic nitrogens is 2. The summed E-state index contributed by atoms with van der Waals surface area (Å²) < 4.78 is 10.5. The Morgan fingerprint density at radius 3 is 2.34 bits per heavy atom. The van der Waals surface area contributed by atoms with Gasteiger partial charge in [-0.3, -0.25) is 9.69 Å². The van der Waals surface area contributed by atoms with Gasteiger partial charge in [-0.15, -0.1) is 0 Å². The number of methoxy groups -OCH3 is 2. The van der Waals surface area contributed by atoms with Crippen LogP contribution in [0.4, 0.5) is 33.5 Å². The predicted octanol–water partition coefficient (Wildman–Crippen LogP) is 4.84. The van der Waals surface area contributed by atoms with Gasteiger partial charge in [0.2, 0.25) is 5.91 Å². The van der Waals surface area contributed by atoms with E-state index >= 15 is 0 Å². The zero-order chi connectivity index (χ0) is 27.8. The molecule has 0 aliphatic rings. The minimum atomic E-state index is -0.584. The standard InChI is InChI=1S/C25H27Cl2N7O4/c1-5-21(35)32-16-10-14(8-9-28)6-7-15(16)31-19-12-20(30-13-29-19)34(2)25(36)33-24-22(26)17(37-3)11-18(38-4)23(24)27/h5-7,10-13H,1,8-9,28H2,2-4H3,(H,32,35)(H,33,36)(H,29,30,31). The van der Waals surface area contributed by atoms with E-state index in [-0.39, 0.29) is 39.0 Å². The number of benzene rings is 2. The second kappa shape index (κ2) is 13.0. The second-order valence-corrected chi connectivity index (χ2v) is 8.53. The van der Waals surface area contributed by atoms with Crippen LogP contribution in [0, 0.1) is 0 Å². The molecule has 0 atom stereocenters. The minimum Gasteiger partial charge on any atom is -0.495 e. The van der Waals surface area contributed by atoms with Crippen molar-refractivity contribution < 1.29 is 19.1 Å². The van der Waals surface area contributed by atoms with Crippen molar-refractivity contribution in [3.05, 3.63) is 64.9 Å². The maximum Gasteiger partial charge on any atom is 0.327 e. The van der Waals surface area contributed by atoms with Crippen molar-refractivity contribution in [2.45, 2.75) is 6.42 Å². The van der Waals surface area contributed by atoms with Crippen molar-refractivity contribution in [1.29, 1.82) is 0 Å². The lowest BCUT2D eigenvalue weighted by Crippen LogP contribution is -2.32. The van der Waals surface area contributed by atoms with Crippen LogP contribution >= 0.6 is 23.2 Å². The molecule has 0 spiro atoms. The Labute approximate surface area is 229 Å². The van der Waals surface area contributed by atoms with Crippen molar-refractivity contribution in [2.24, 2.45) is 5.73 Å². The van der Waals surface area contributed by atoms with Gasteiger partial charge in [0.05, 0.1) is 31.3 Å². The van der Waals surface area contributed by atoms with Crippen molar-refractivity contribution in [3.63, 3.8) is 0 Å². The van der Waals surface area contributed by atoms with E-state index in [0.29, 0.717) is 30.2 Å². The Morgan fingerprint density at radius 1 is 1.05 bits per heavy atom. The van der Waals surface area contributed by atoms with E-state index in [0.717, 1.165) is 5.56 Å². The zero-order valence-electron chi connectivity index (χ0n) is 21.0. The molecule has 0 bridgehead atoms. The molecule has 0 fully saturated rings. The van der Waals surface area contributed by atoms with Crippen LogP contribution in [0.2, 0.25) is 10.0 Å². The van der Waals surface area contributed by atoms with E-state index < -0.39 is 6.03 Å². The average molecular weight is 560 g/mol. The molecular weight excluding hydrogens is 533 g/mol. The van der Waals surface area contributed by atoms with E-state index in [1.807, 2.05) is 12.1 Å². The topological polar surface area (TPSA) is 144 Å². The van der Waals surface area contributed by atoms with Crippen molar-refractivity contribution in [2.75, 3.05) is 48.7 Å². The fourth-order valence-corrected chi connectivity index (χ4v) is 3.93. The van der Waals surface area contributed by atoms with Gasteiger partial charge in [0, 0.05) is 19.2 Å². The monoisotopic (exact) mass is 559 g/mol. The number of amides is 3. The summed E-state index contributed by atoms with van der Waals surface area (Å²) in [6, 6.07) is 7.98. The highest BCUT2D eigenvalue weighted by Gasteiger charge is 2.22. The number of carbonyl (C=O) groups excluding carboxylic acids is 2. The third-order valence-electron chi connectivity index (χ3n) is 5.33. The van der Waals surface area contributed by atoms with Crippen molar-refractivity contribution in [3.8, 4) is 11.5 Å². The maximum atomic E-state index is 13.1. The van der Waals surface area contributed by atoms with Gasteiger partial charge in [-0.25, -0.2) is 14.8 Å². The Morgan fingerprint density at radius 2 is 1.74 bits per heavy atom. The van der Waals surface area contributed by atoms with Crippen LogP contribution in [-0.4, -0.2) is 49.7 Å². The highest BCUT2D eigenvalue weighted by molar-refractivity contribution is 6.41. The molecule has 0 radical (unpaired) electrons. The number of nitrogens with zero attached hydrogens (tertiary/aromatic N) is 3. The summed E-state index contributed by atoms with van der Waals surface area (Å²) in [6.07, 6.45) is 3.11. The molecule has 200 valence electrons. The number of urea groups is 1. The molecular formula is C25H27Cl2N7O4. The first-order valence-electron chi connectivity index (χ1n) is 11.2. The Kier molecular flexibility index (Phi) is 9.72. The molecule has 0 aliphatic carbocycles. The van der Waals surface area contributed by atoms with Crippen LogP contribution in [0.3, 0.4) is 0 Å². The van der Waals surface area contributed by atoms with Gasteiger partial charge in [0.15, 0.2) is 0 Å². The largest absolute Gasteiger partial charge is 0.495 e. The lowest BCUT2D eigenvalue weighted by Gasteiger charge is -2.20. The van der Waals surface area contributed by atoms with Gasteiger partial charge in [0.1, 0.15) is 39.5 Å². The fraction of sp³-hybridized carbons (Fsp3) is 0.200. The van der Waals surface area contributed by atoms with Crippen LogP contribution in [0.15, 0.2) is 49.3 Å². The Hall–Kier alpha value is -4.06. The molecule has 11 nitrogen and oxygen atoms in total. The number of hydrogen-bond acceptors (Lipinski definition) is 8. The van der Waals surface area contributed by atoms with Crippen LogP contribution < -0.4 is 36.1 Å². The van der Waals surface area contributed by atoms with Gasteiger partial charge in [-0.2, -0.15) is 0 Å². The number of halogens is 2. The van der Waals surface area contributed by atoms with Gasteiger partial charge in [-0.1, -0.05) is 35.8 Å². The molecule has 3 rings (SSSR count). The number of nitrogens with two attached hydrogens (primary N) is 1. The van der Waals surface area contributed by atoms with Crippen molar-refractivity contribution in [1.82, 2.24) is 9.97 Å². The molecule has 0 unspecified atom stereocenters. The molecule has 2 aromatic carbocycles. The molecule has 1 heterocycles. The Bertz CT molecular complexity index is 1330. The molecule has 0 aliphatic heterocycles. The number of hydrogen-bond donors (Lipinski definition) is 4. The summed E-state index contributed by atoms with van der Waals surface area (Å²) in [5.41, 5.74) is 7.82. The van der Waals surface area contributed by atoms with Crippen LogP contribution in [0.25, 0.3) is 0 Å². The third-order valence-corrected chi connectivity index (χ3v) is 6.08. The number of nitrogens with one attached hydrogen (secondary N) is 3. The van der Waals surface area contributed by atoms with Gasteiger partial charge >= 0.3 is 6.03 Å². The summed E-state index contributed by atoms with van der Waals surface area (Å²) in [7, 11) is 4.38. The molecule has 3 aromatic rings. The average Bonchev–Trinajstić information content (AvgIpc) is 2.92. The summed E-state index contributed by atoms with van der Waals surface area (Å²) in [6.45, 7) is 3.95. The first-order valence-corrected chi connectivity index (χ1v) is 12.0. The maximum absolute atomic E-state index is 13.1. The smallest absolute Gasteiger partial charge is 0.327 e. The predicted molar refractivity (Wildman–Crippen MR) is 150 cm³/mol. The van der Waals surface area contributed by atoms with Crippen LogP contribution in [-0.2, 0) is 11.2 Å².